The topological polar surface area (TPSA) is 31.5 Å². The molecule has 0 aliphatic carbocycles. The van der Waals surface area contributed by atoms with Gasteiger partial charge in [-0.15, -0.1) is 11.8 Å². The van der Waals surface area contributed by atoms with Crippen LogP contribution in [0.3, 0.4) is 0 Å². The molecule has 0 saturated carbocycles. The van der Waals surface area contributed by atoms with Crippen molar-refractivity contribution in [2.24, 2.45) is 5.41 Å². The van der Waals surface area contributed by atoms with Crippen LogP contribution in [0, 0.1) is 5.41 Å². The molecule has 0 amide bonds. The number of allylic oxidation sites excluding steroid dienone is 2. The molecule has 76 valence electrons. The molecule has 0 atom stereocenters. The van der Waals surface area contributed by atoms with E-state index in [-0.39, 0.29) is 5.48 Å². The predicted molar refractivity (Wildman–Crippen MR) is 62.0 cm³/mol. The first-order valence-electron chi connectivity index (χ1n) is 4.70. The van der Waals surface area contributed by atoms with Crippen molar-refractivity contribution in [2.45, 2.75) is 33.6 Å². The van der Waals surface area contributed by atoms with E-state index in [2.05, 4.69) is 38.3 Å². The SMILES string of the molecule is CCC(C)(CC)C1=CC=CSC1.O. The maximum absolute atomic E-state index is 2.37. The Bertz CT molecular complexity index is 202. The Balaban J connectivity index is 0.00000144. The second kappa shape index (κ2) is 5.51. The van der Waals surface area contributed by atoms with Crippen LogP contribution < -0.4 is 0 Å². The standard InChI is InChI=1S/C11H18S.H2O/c1-4-11(3,5-2)10-7-6-8-12-9-10;/h6-8H,4-5,9H2,1-3H3;1H2. The largest absolute Gasteiger partial charge is 0.412 e. The predicted octanol–water partition coefficient (Wildman–Crippen LogP) is 3.17. The summed E-state index contributed by atoms with van der Waals surface area (Å²) in [5.41, 5.74) is 2.05. The summed E-state index contributed by atoms with van der Waals surface area (Å²) >= 11 is 1.91. The van der Waals surface area contributed by atoms with Gasteiger partial charge in [0.05, 0.1) is 0 Å². The summed E-state index contributed by atoms with van der Waals surface area (Å²) in [6.45, 7) is 6.94. The monoisotopic (exact) mass is 200 g/mol. The number of hydrogen-bond donors (Lipinski definition) is 0. The zero-order valence-corrected chi connectivity index (χ0v) is 9.58. The average Bonchev–Trinajstić information content (AvgIpc) is 2.18. The van der Waals surface area contributed by atoms with E-state index in [4.69, 9.17) is 0 Å². The fraction of sp³-hybridized carbons (Fsp3) is 0.636. The van der Waals surface area contributed by atoms with Crippen LogP contribution in [0.4, 0.5) is 0 Å². The van der Waals surface area contributed by atoms with Gasteiger partial charge in [-0.25, -0.2) is 0 Å². The molecule has 1 nitrogen and oxygen atoms in total. The van der Waals surface area contributed by atoms with Gasteiger partial charge in [0.15, 0.2) is 0 Å². The maximum Gasteiger partial charge on any atom is 0.0193 e. The second-order valence-corrected chi connectivity index (χ2v) is 4.49. The summed E-state index contributed by atoms with van der Waals surface area (Å²) in [4.78, 5) is 0. The fourth-order valence-corrected chi connectivity index (χ4v) is 2.39. The lowest BCUT2D eigenvalue weighted by Gasteiger charge is -2.30. The Hall–Kier alpha value is -0.210. The van der Waals surface area contributed by atoms with Crippen LogP contribution in [-0.4, -0.2) is 11.2 Å². The second-order valence-electron chi connectivity index (χ2n) is 3.60. The quantitative estimate of drug-likeness (QED) is 0.688. The third kappa shape index (κ3) is 2.89. The van der Waals surface area contributed by atoms with Crippen molar-refractivity contribution in [3.05, 3.63) is 23.1 Å². The number of rotatable bonds is 3. The maximum atomic E-state index is 2.37. The highest BCUT2D eigenvalue weighted by Gasteiger charge is 2.24. The first kappa shape index (κ1) is 12.8. The summed E-state index contributed by atoms with van der Waals surface area (Å²) in [5.74, 6) is 1.19. The third-order valence-electron chi connectivity index (χ3n) is 3.05. The van der Waals surface area contributed by atoms with Gasteiger partial charge in [0.1, 0.15) is 0 Å². The number of hydrogen-bond acceptors (Lipinski definition) is 1. The van der Waals surface area contributed by atoms with Crippen molar-refractivity contribution >= 4 is 11.8 Å². The summed E-state index contributed by atoms with van der Waals surface area (Å²) in [6, 6.07) is 0. The van der Waals surface area contributed by atoms with Gasteiger partial charge in [0, 0.05) is 5.75 Å². The van der Waals surface area contributed by atoms with Gasteiger partial charge in [-0.05, 0) is 23.7 Å². The molecule has 0 aromatic carbocycles. The van der Waals surface area contributed by atoms with E-state index in [0.29, 0.717) is 5.41 Å². The van der Waals surface area contributed by atoms with Gasteiger partial charge >= 0.3 is 0 Å². The Morgan fingerprint density at radius 1 is 1.38 bits per heavy atom. The lowest BCUT2D eigenvalue weighted by atomic mass is 9.78. The van der Waals surface area contributed by atoms with Crippen LogP contribution in [0.5, 0.6) is 0 Å². The van der Waals surface area contributed by atoms with Crippen LogP contribution in [0.1, 0.15) is 33.6 Å². The van der Waals surface area contributed by atoms with Crippen LogP contribution >= 0.6 is 11.8 Å². The molecule has 0 bridgehead atoms. The Labute approximate surface area is 85.6 Å². The molecule has 0 saturated heterocycles. The summed E-state index contributed by atoms with van der Waals surface area (Å²) in [5, 5.41) is 2.18. The van der Waals surface area contributed by atoms with E-state index in [0.717, 1.165) is 0 Å². The van der Waals surface area contributed by atoms with Crippen molar-refractivity contribution in [3.63, 3.8) is 0 Å². The molecule has 1 aliphatic rings. The van der Waals surface area contributed by atoms with E-state index in [1.54, 1.807) is 5.57 Å². The van der Waals surface area contributed by atoms with Gasteiger partial charge in [0.25, 0.3) is 0 Å². The van der Waals surface area contributed by atoms with Crippen LogP contribution in [0.25, 0.3) is 0 Å². The van der Waals surface area contributed by atoms with E-state index in [1.165, 1.54) is 18.6 Å². The van der Waals surface area contributed by atoms with Gasteiger partial charge in [-0.2, -0.15) is 0 Å². The van der Waals surface area contributed by atoms with Crippen LogP contribution in [0.15, 0.2) is 23.1 Å². The van der Waals surface area contributed by atoms with Crippen molar-refractivity contribution in [1.29, 1.82) is 0 Å². The van der Waals surface area contributed by atoms with Crippen molar-refractivity contribution in [1.82, 2.24) is 0 Å². The van der Waals surface area contributed by atoms with E-state index in [1.807, 2.05) is 11.8 Å². The molecule has 0 unspecified atom stereocenters. The van der Waals surface area contributed by atoms with Crippen molar-refractivity contribution < 1.29 is 5.48 Å². The molecular formula is C11H20OS. The summed E-state index contributed by atoms with van der Waals surface area (Å²) in [6.07, 6.45) is 6.98. The van der Waals surface area contributed by atoms with Crippen molar-refractivity contribution in [3.8, 4) is 0 Å². The molecule has 0 radical (unpaired) electrons. The Morgan fingerprint density at radius 2 is 2.00 bits per heavy atom. The molecular weight excluding hydrogens is 180 g/mol. The molecule has 1 heterocycles. The lowest BCUT2D eigenvalue weighted by Crippen LogP contribution is -2.19. The highest BCUT2D eigenvalue weighted by atomic mass is 32.2. The zero-order chi connectivity index (χ0) is 9.03. The van der Waals surface area contributed by atoms with Crippen LogP contribution in [0.2, 0.25) is 0 Å². The fourth-order valence-electron chi connectivity index (χ4n) is 1.48. The minimum atomic E-state index is 0. The minimum absolute atomic E-state index is 0. The molecule has 0 spiro atoms. The van der Waals surface area contributed by atoms with E-state index >= 15 is 0 Å². The Kier molecular flexibility index (Phi) is 5.42. The summed E-state index contributed by atoms with van der Waals surface area (Å²) in [7, 11) is 0. The van der Waals surface area contributed by atoms with Gasteiger partial charge < -0.3 is 5.48 Å². The highest BCUT2D eigenvalue weighted by Crippen LogP contribution is 2.37. The normalized spacial score (nSPS) is 16.4. The smallest absolute Gasteiger partial charge is 0.0193 e. The highest BCUT2D eigenvalue weighted by molar-refractivity contribution is 8.02. The molecule has 2 N–H and O–H groups in total. The first-order chi connectivity index (χ1) is 5.73. The van der Waals surface area contributed by atoms with E-state index < -0.39 is 0 Å². The first-order valence-corrected chi connectivity index (χ1v) is 5.75. The van der Waals surface area contributed by atoms with Crippen LogP contribution in [-0.2, 0) is 0 Å². The van der Waals surface area contributed by atoms with Crippen molar-refractivity contribution in [2.75, 3.05) is 5.75 Å². The molecule has 0 aromatic rings. The Morgan fingerprint density at radius 3 is 2.38 bits per heavy atom. The lowest BCUT2D eigenvalue weighted by molar-refractivity contribution is 0.369. The molecule has 0 fully saturated rings. The molecule has 1 rings (SSSR count). The van der Waals surface area contributed by atoms with Gasteiger partial charge in [-0.1, -0.05) is 38.5 Å². The molecule has 0 aromatic heterocycles. The van der Waals surface area contributed by atoms with Gasteiger partial charge in [-0.3, -0.25) is 0 Å². The molecule has 2 heteroatoms. The summed E-state index contributed by atoms with van der Waals surface area (Å²) < 4.78 is 0. The molecule has 13 heavy (non-hydrogen) atoms. The number of thioether (sulfide) groups is 1. The van der Waals surface area contributed by atoms with E-state index in [9.17, 15) is 0 Å². The zero-order valence-electron chi connectivity index (χ0n) is 8.76. The minimum Gasteiger partial charge on any atom is -0.412 e. The van der Waals surface area contributed by atoms with Gasteiger partial charge in [0.2, 0.25) is 0 Å². The average molecular weight is 200 g/mol. The third-order valence-corrected chi connectivity index (χ3v) is 3.87. The molecule has 1 aliphatic heterocycles.